The Bertz CT molecular complexity index is 276. The lowest BCUT2D eigenvalue weighted by atomic mass is 10.2. The van der Waals surface area contributed by atoms with Crippen molar-refractivity contribution in [1.82, 2.24) is 0 Å². The summed E-state index contributed by atoms with van der Waals surface area (Å²) in [5.74, 6) is 0.968. The molecule has 0 saturated carbocycles. The number of ether oxygens (including phenoxy) is 1. The van der Waals surface area contributed by atoms with Gasteiger partial charge in [0.1, 0.15) is 5.75 Å². The maximum Gasteiger partial charge on any atom is 0.120 e. The molecule has 0 fully saturated rings. The Kier molecular flexibility index (Phi) is 5.09. The largest absolute Gasteiger partial charge is 0.494 e. The van der Waals surface area contributed by atoms with Crippen molar-refractivity contribution in [2.75, 3.05) is 11.9 Å². The summed E-state index contributed by atoms with van der Waals surface area (Å²) >= 11 is 5.69. The van der Waals surface area contributed by atoms with E-state index >= 15 is 0 Å². The first-order chi connectivity index (χ1) is 6.24. The topological polar surface area (TPSA) is 9.23 Å². The molecule has 1 aromatic rings. The van der Waals surface area contributed by atoms with E-state index in [1.807, 2.05) is 6.07 Å². The molecular formula is C10H12BrIO. The van der Waals surface area contributed by atoms with Crippen LogP contribution in [0, 0.1) is 10.5 Å². The minimum absolute atomic E-state index is 0.782. The molecule has 0 saturated heterocycles. The molecular weight excluding hydrogens is 343 g/mol. The summed E-state index contributed by atoms with van der Waals surface area (Å²) in [6, 6.07) is 6.18. The van der Waals surface area contributed by atoms with Crippen LogP contribution in [-0.4, -0.2) is 11.9 Å². The van der Waals surface area contributed by atoms with Crippen LogP contribution in [0.25, 0.3) is 0 Å². The second-order valence-corrected chi connectivity index (χ2v) is 4.76. The first kappa shape index (κ1) is 11.3. The van der Waals surface area contributed by atoms with E-state index in [-0.39, 0.29) is 0 Å². The van der Waals surface area contributed by atoms with Crippen LogP contribution in [0.4, 0.5) is 0 Å². The van der Waals surface area contributed by atoms with E-state index in [4.69, 9.17) is 4.74 Å². The first-order valence-corrected chi connectivity index (χ1v) is 6.39. The smallest absolute Gasteiger partial charge is 0.120 e. The summed E-state index contributed by atoms with van der Waals surface area (Å²) in [5.41, 5.74) is 1.30. The predicted molar refractivity (Wildman–Crippen MR) is 67.8 cm³/mol. The highest BCUT2D eigenvalue weighted by Gasteiger charge is 1.97. The van der Waals surface area contributed by atoms with Gasteiger partial charge in [0.15, 0.2) is 0 Å². The maximum absolute atomic E-state index is 5.55. The van der Waals surface area contributed by atoms with Crippen LogP contribution in [0.1, 0.15) is 12.0 Å². The molecule has 0 spiro atoms. The summed E-state index contributed by atoms with van der Waals surface area (Å²) in [6.45, 7) is 2.88. The first-order valence-electron chi connectivity index (χ1n) is 4.19. The van der Waals surface area contributed by atoms with Crippen LogP contribution in [-0.2, 0) is 0 Å². The van der Waals surface area contributed by atoms with Crippen molar-refractivity contribution in [3.63, 3.8) is 0 Å². The second kappa shape index (κ2) is 5.86. The van der Waals surface area contributed by atoms with Gasteiger partial charge in [-0.05, 0) is 53.6 Å². The fourth-order valence-corrected chi connectivity index (χ4v) is 1.62. The van der Waals surface area contributed by atoms with Gasteiger partial charge in [-0.25, -0.2) is 0 Å². The molecule has 72 valence electrons. The van der Waals surface area contributed by atoms with Crippen LogP contribution < -0.4 is 4.74 Å². The molecule has 0 aliphatic carbocycles. The van der Waals surface area contributed by atoms with Crippen molar-refractivity contribution in [3.8, 4) is 5.75 Å². The van der Waals surface area contributed by atoms with Gasteiger partial charge in [-0.3, -0.25) is 0 Å². The van der Waals surface area contributed by atoms with E-state index in [0.29, 0.717) is 0 Å². The van der Waals surface area contributed by atoms with E-state index in [1.54, 1.807) is 0 Å². The van der Waals surface area contributed by atoms with Crippen molar-refractivity contribution in [1.29, 1.82) is 0 Å². The third-order valence-electron chi connectivity index (χ3n) is 1.69. The zero-order valence-corrected chi connectivity index (χ0v) is 11.3. The van der Waals surface area contributed by atoms with Crippen molar-refractivity contribution in [2.24, 2.45) is 0 Å². The third kappa shape index (κ3) is 3.85. The SMILES string of the molecule is Cc1ccc(OCCCBr)cc1I. The molecule has 0 N–H and O–H groups in total. The van der Waals surface area contributed by atoms with Gasteiger partial charge in [-0.1, -0.05) is 22.0 Å². The highest BCUT2D eigenvalue weighted by Crippen LogP contribution is 2.18. The molecule has 0 radical (unpaired) electrons. The van der Waals surface area contributed by atoms with Gasteiger partial charge in [-0.15, -0.1) is 0 Å². The molecule has 0 amide bonds. The minimum atomic E-state index is 0.782. The van der Waals surface area contributed by atoms with Gasteiger partial charge in [0.05, 0.1) is 6.61 Å². The molecule has 0 aromatic heterocycles. The van der Waals surface area contributed by atoms with Crippen LogP contribution in [0.3, 0.4) is 0 Å². The van der Waals surface area contributed by atoms with Crippen molar-refractivity contribution >= 4 is 38.5 Å². The summed E-state index contributed by atoms with van der Waals surface area (Å²) in [6.07, 6.45) is 1.05. The van der Waals surface area contributed by atoms with Gasteiger partial charge in [-0.2, -0.15) is 0 Å². The van der Waals surface area contributed by atoms with Crippen molar-refractivity contribution in [2.45, 2.75) is 13.3 Å². The van der Waals surface area contributed by atoms with Crippen molar-refractivity contribution < 1.29 is 4.74 Å². The Balaban J connectivity index is 2.53. The molecule has 0 bridgehead atoms. The minimum Gasteiger partial charge on any atom is -0.494 e. The number of rotatable bonds is 4. The monoisotopic (exact) mass is 354 g/mol. The highest BCUT2D eigenvalue weighted by molar-refractivity contribution is 14.1. The van der Waals surface area contributed by atoms with Crippen LogP contribution in [0.5, 0.6) is 5.75 Å². The normalized spacial score (nSPS) is 10.1. The molecule has 0 atom stereocenters. The zero-order valence-electron chi connectivity index (χ0n) is 7.52. The number of alkyl halides is 1. The van der Waals surface area contributed by atoms with Crippen molar-refractivity contribution in [3.05, 3.63) is 27.3 Å². The number of halogens is 2. The lowest BCUT2D eigenvalue weighted by Crippen LogP contribution is -1.97. The number of aryl methyl sites for hydroxylation is 1. The van der Waals surface area contributed by atoms with E-state index in [2.05, 4.69) is 57.6 Å². The van der Waals surface area contributed by atoms with Gasteiger partial charge < -0.3 is 4.74 Å². The average Bonchev–Trinajstić information content (AvgIpc) is 2.12. The van der Waals surface area contributed by atoms with E-state index in [0.717, 1.165) is 24.1 Å². The van der Waals surface area contributed by atoms with Crippen LogP contribution in [0.2, 0.25) is 0 Å². The van der Waals surface area contributed by atoms with Gasteiger partial charge in [0, 0.05) is 8.90 Å². The lowest BCUT2D eigenvalue weighted by Gasteiger charge is -2.06. The lowest BCUT2D eigenvalue weighted by molar-refractivity contribution is 0.319. The summed E-state index contributed by atoms with van der Waals surface area (Å²) < 4.78 is 6.81. The standard InChI is InChI=1S/C10H12BrIO/c1-8-3-4-9(7-10(8)12)13-6-2-5-11/h3-4,7H,2,5-6H2,1H3. The summed E-state index contributed by atoms with van der Waals surface area (Å²) in [7, 11) is 0. The Hall–Kier alpha value is 0.230. The van der Waals surface area contributed by atoms with E-state index in [9.17, 15) is 0 Å². The molecule has 0 unspecified atom stereocenters. The van der Waals surface area contributed by atoms with Crippen LogP contribution in [0.15, 0.2) is 18.2 Å². The number of hydrogen-bond donors (Lipinski definition) is 0. The summed E-state index contributed by atoms with van der Waals surface area (Å²) in [5, 5.41) is 0.996. The molecule has 0 heterocycles. The number of benzene rings is 1. The molecule has 1 nitrogen and oxygen atoms in total. The molecule has 1 rings (SSSR count). The average molecular weight is 355 g/mol. The Labute approximate surface area is 101 Å². The molecule has 1 aromatic carbocycles. The number of hydrogen-bond acceptors (Lipinski definition) is 1. The van der Waals surface area contributed by atoms with E-state index < -0.39 is 0 Å². The highest BCUT2D eigenvalue weighted by atomic mass is 127. The van der Waals surface area contributed by atoms with Crippen LogP contribution >= 0.6 is 38.5 Å². The fourth-order valence-electron chi connectivity index (χ4n) is 0.908. The quantitative estimate of drug-likeness (QED) is 0.454. The summed E-state index contributed by atoms with van der Waals surface area (Å²) in [4.78, 5) is 0. The Morgan fingerprint density at radius 1 is 1.46 bits per heavy atom. The molecule has 0 aliphatic heterocycles. The zero-order chi connectivity index (χ0) is 9.68. The van der Waals surface area contributed by atoms with Gasteiger partial charge in [0.2, 0.25) is 0 Å². The van der Waals surface area contributed by atoms with E-state index in [1.165, 1.54) is 9.13 Å². The molecule has 13 heavy (non-hydrogen) atoms. The van der Waals surface area contributed by atoms with Gasteiger partial charge in [0.25, 0.3) is 0 Å². The molecule has 0 aliphatic rings. The third-order valence-corrected chi connectivity index (χ3v) is 3.41. The maximum atomic E-state index is 5.55. The Morgan fingerprint density at radius 3 is 2.85 bits per heavy atom. The molecule has 3 heteroatoms. The second-order valence-electron chi connectivity index (χ2n) is 2.80. The van der Waals surface area contributed by atoms with Gasteiger partial charge >= 0.3 is 0 Å². The Morgan fingerprint density at radius 2 is 2.23 bits per heavy atom. The predicted octanol–water partition coefficient (Wildman–Crippen LogP) is 3.76. The fraction of sp³-hybridized carbons (Fsp3) is 0.400.